The fourth-order valence-corrected chi connectivity index (χ4v) is 2.42. The van der Waals surface area contributed by atoms with E-state index in [-0.39, 0.29) is 5.28 Å². The van der Waals surface area contributed by atoms with E-state index < -0.39 is 0 Å². The summed E-state index contributed by atoms with van der Waals surface area (Å²) >= 11 is 17.8. The van der Waals surface area contributed by atoms with Crippen LogP contribution in [0.15, 0.2) is 18.2 Å². The lowest BCUT2D eigenvalue weighted by atomic mass is 10.2. The molecule has 21 heavy (non-hydrogen) atoms. The van der Waals surface area contributed by atoms with Crippen molar-refractivity contribution in [3.05, 3.63) is 44.8 Å². The van der Waals surface area contributed by atoms with Crippen molar-refractivity contribution in [2.75, 3.05) is 17.7 Å². The zero-order chi connectivity index (χ0) is 15.4. The third-order valence-electron chi connectivity index (χ3n) is 2.76. The topological polar surface area (TPSA) is 73.7 Å². The minimum Gasteiger partial charge on any atom is -0.383 e. The van der Waals surface area contributed by atoms with Gasteiger partial charge in [-0.25, -0.2) is 4.98 Å². The molecule has 1 aromatic carbocycles. The van der Waals surface area contributed by atoms with Crippen LogP contribution in [0.3, 0.4) is 0 Å². The first kappa shape index (κ1) is 15.8. The SMILES string of the molecule is CNc1c(C=N)nc(Cl)nc1NCc1ccc(Cl)cc1Cl. The summed E-state index contributed by atoms with van der Waals surface area (Å²) in [5.74, 6) is 0.502. The van der Waals surface area contributed by atoms with E-state index in [1.54, 1.807) is 19.2 Å². The van der Waals surface area contributed by atoms with Crippen LogP contribution in [-0.2, 0) is 6.54 Å². The molecule has 5 nitrogen and oxygen atoms in total. The third-order valence-corrected chi connectivity index (χ3v) is 3.51. The standard InChI is InChI=1S/C13H12Cl3N5/c1-18-11-10(5-17)20-13(16)21-12(11)19-6-7-2-3-8(14)4-9(7)15/h2-5,17-18H,6H2,1H3,(H,19,20,21). The van der Waals surface area contributed by atoms with Gasteiger partial charge in [0.15, 0.2) is 5.82 Å². The second kappa shape index (κ2) is 6.93. The highest BCUT2D eigenvalue weighted by Gasteiger charge is 2.11. The third kappa shape index (κ3) is 3.75. The van der Waals surface area contributed by atoms with Gasteiger partial charge in [0.25, 0.3) is 0 Å². The number of nitrogens with zero attached hydrogens (tertiary/aromatic N) is 2. The van der Waals surface area contributed by atoms with Crippen molar-refractivity contribution < 1.29 is 0 Å². The van der Waals surface area contributed by atoms with E-state index in [0.717, 1.165) is 11.8 Å². The number of anilines is 2. The monoisotopic (exact) mass is 343 g/mol. The van der Waals surface area contributed by atoms with E-state index in [1.807, 2.05) is 6.07 Å². The van der Waals surface area contributed by atoms with Crippen LogP contribution in [0.2, 0.25) is 15.3 Å². The first-order chi connectivity index (χ1) is 10.0. The van der Waals surface area contributed by atoms with Gasteiger partial charge in [0, 0.05) is 29.9 Å². The van der Waals surface area contributed by atoms with Crippen LogP contribution in [0.1, 0.15) is 11.3 Å². The maximum atomic E-state index is 7.36. The lowest BCUT2D eigenvalue weighted by Crippen LogP contribution is -2.09. The molecule has 0 amide bonds. The van der Waals surface area contributed by atoms with Gasteiger partial charge < -0.3 is 16.0 Å². The fraction of sp³-hybridized carbons (Fsp3) is 0.154. The normalized spacial score (nSPS) is 10.3. The van der Waals surface area contributed by atoms with E-state index in [4.69, 9.17) is 40.2 Å². The average molecular weight is 345 g/mol. The summed E-state index contributed by atoms with van der Waals surface area (Å²) in [6, 6.07) is 5.27. The summed E-state index contributed by atoms with van der Waals surface area (Å²) < 4.78 is 0. The summed E-state index contributed by atoms with van der Waals surface area (Å²) in [7, 11) is 1.72. The summed E-state index contributed by atoms with van der Waals surface area (Å²) in [5.41, 5.74) is 1.87. The molecule has 1 aromatic heterocycles. The number of halogens is 3. The second-order valence-corrected chi connectivity index (χ2v) is 5.27. The van der Waals surface area contributed by atoms with Gasteiger partial charge in [-0.15, -0.1) is 0 Å². The first-order valence-electron chi connectivity index (χ1n) is 5.98. The Balaban J connectivity index is 2.27. The fourth-order valence-electron chi connectivity index (χ4n) is 1.77. The molecule has 0 saturated heterocycles. The zero-order valence-corrected chi connectivity index (χ0v) is 13.3. The highest BCUT2D eigenvalue weighted by atomic mass is 35.5. The molecule has 0 saturated carbocycles. The van der Waals surface area contributed by atoms with Gasteiger partial charge in [-0.3, -0.25) is 0 Å². The van der Waals surface area contributed by atoms with Gasteiger partial charge in [0.05, 0.1) is 0 Å². The molecule has 0 aliphatic carbocycles. The molecule has 2 rings (SSSR count). The number of hydrogen-bond acceptors (Lipinski definition) is 5. The van der Waals surface area contributed by atoms with Crippen molar-refractivity contribution in [2.24, 2.45) is 0 Å². The molecular formula is C13H12Cl3N5. The molecule has 0 radical (unpaired) electrons. The van der Waals surface area contributed by atoms with Gasteiger partial charge in [0.2, 0.25) is 5.28 Å². The predicted molar refractivity (Wildman–Crippen MR) is 88.3 cm³/mol. The Morgan fingerprint density at radius 3 is 2.62 bits per heavy atom. The van der Waals surface area contributed by atoms with Crippen LogP contribution in [0.25, 0.3) is 0 Å². The van der Waals surface area contributed by atoms with Crippen molar-refractivity contribution in [1.29, 1.82) is 5.41 Å². The van der Waals surface area contributed by atoms with E-state index in [1.165, 1.54) is 0 Å². The molecule has 0 bridgehead atoms. The van der Waals surface area contributed by atoms with Crippen molar-refractivity contribution in [2.45, 2.75) is 6.54 Å². The second-order valence-electron chi connectivity index (χ2n) is 4.09. The summed E-state index contributed by atoms with van der Waals surface area (Å²) in [6.07, 6.45) is 1.11. The maximum absolute atomic E-state index is 7.36. The quantitative estimate of drug-likeness (QED) is 0.564. The lowest BCUT2D eigenvalue weighted by Gasteiger charge is -2.13. The largest absolute Gasteiger partial charge is 0.383 e. The van der Waals surface area contributed by atoms with Crippen LogP contribution in [-0.4, -0.2) is 23.2 Å². The summed E-state index contributed by atoms with van der Waals surface area (Å²) in [4.78, 5) is 8.10. The minimum absolute atomic E-state index is 0.0669. The van der Waals surface area contributed by atoms with E-state index >= 15 is 0 Å². The van der Waals surface area contributed by atoms with Crippen LogP contribution >= 0.6 is 34.8 Å². The van der Waals surface area contributed by atoms with Crippen LogP contribution in [0.4, 0.5) is 11.5 Å². The number of aromatic nitrogens is 2. The first-order valence-corrected chi connectivity index (χ1v) is 7.12. The smallest absolute Gasteiger partial charge is 0.225 e. The van der Waals surface area contributed by atoms with E-state index in [0.29, 0.717) is 33.8 Å². The summed E-state index contributed by atoms with van der Waals surface area (Å²) in [5, 5.41) is 14.6. The average Bonchev–Trinajstić information content (AvgIpc) is 2.45. The van der Waals surface area contributed by atoms with Gasteiger partial charge in [-0.2, -0.15) is 4.98 Å². The molecule has 8 heteroatoms. The van der Waals surface area contributed by atoms with Gasteiger partial charge in [-0.1, -0.05) is 29.3 Å². The molecule has 0 aliphatic heterocycles. The number of benzene rings is 1. The van der Waals surface area contributed by atoms with Gasteiger partial charge in [0.1, 0.15) is 11.4 Å². The Morgan fingerprint density at radius 2 is 2.00 bits per heavy atom. The molecule has 0 atom stereocenters. The van der Waals surface area contributed by atoms with Crippen molar-refractivity contribution >= 4 is 52.5 Å². The van der Waals surface area contributed by atoms with Crippen LogP contribution < -0.4 is 10.6 Å². The molecule has 2 aromatic rings. The minimum atomic E-state index is 0.0669. The van der Waals surface area contributed by atoms with Gasteiger partial charge >= 0.3 is 0 Å². The zero-order valence-electron chi connectivity index (χ0n) is 11.0. The van der Waals surface area contributed by atoms with Gasteiger partial charge in [-0.05, 0) is 29.3 Å². The molecule has 0 aliphatic rings. The lowest BCUT2D eigenvalue weighted by molar-refractivity contribution is 1.08. The molecule has 0 unspecified atom stereocenters. The Hall–Kier alpha value is -1.56. The highest BCUT2D eigenvalue weighted by Crippen LogP contribution is 2.26. The predicted octanol–water partition coefficient (Wildman–Crippen LogP) is 4.09. The Kier molecular flexibility index (Phi) is 5.22. The molecule has 0 fully saturated rings. The highest BCUT2D eigenvalue weighted by molar-refractivity contribution is 6.35. The maximum Gasteiger partial charge on any atom is 0.225 e. The molecule has 1 heterocycles. The van der Waals surface area contributed by atoms with E-state index in [9.17, 15) is 0 Å². The Bertz CT molecular complexity index is 675. The van der Waals surface area contributed by atoms with Crippen LogP contribution in [0.5, 0.6) is 0 Å². The van der Waals surface area contributed by atoms with E-state index in [2.05, 4.69) is 20.6 Å². The van der Waals surface area contributed by atoms with Crippen molar-refractivity contribution in [1.82, 2.24) is 9.97 Å². The van der Waals surface area contributed by atoms with Crippen LogP contribution in [0, 0.1) is 5.41 Å². The summed E-state index contributed by atoms with van der Waals surface area (Å²) in [6.45, 7) is 0.440. The Morgan fingerprint density at radius 1 is 1.24 bits per heavy atom. The molecule has 110 valence electrons. The number of nitrogens with one attached hydrogen (secondary N) is 3. The molecular weight excluding hydrogens is 333 g/mol. The Labute approximate surface area is 137 Å². The van der Waals surface area contributed by atoms with Crippen molar-refractivity contribution in [3.8, 4) is 0 Å². The number of rotatable bonds is 5. The number of hydrogen-bond donors (Lipinski definition) is 3. The molecule has 3 N–H and O–H groups in total. The van der Waals surface area contributed by atoms with Crippen molar-refractivity contribution in [3.63, 3.8) is 0 Å². The molecule has 0 spiro atoms.